The number of nitrogens with zero attached hydrogens (tertiary/aromatic N) is 1. The van der Waals surface area contributed by atoms with Crippen LogP contribution in [0.2, 0.25) is 0 Å². The number of aromatic amines is 1. The van der Waals surface area contributed by atoms with Gasteiger partial charge in [-0.05, 0) is 24.5 Å². The van der Waals surface area contributed by atoms with E-state index in [0.717, 1.165) is 22.7 Å². The maximum absolute atomic E-state index is 10.8. The summed E-state index contributed by atoms with van der Waals surface area (Å²) in [6.45, 7) is 0.154. The van der Waals surface area contributed by atoms with Crippen LogP contribution in [-0.2, 0) is 20.7 Å². The van der Waals surface area contributed by atoms with Gasteiger partial charge in [0.05, 0.1) is 18.4 Å². The van der Waals surface area contributed by atoms with Crippen molar-refractivity contribution in [3.63, 3.8) is 0 Å². The van der Waals surface area contributed by atoms with Gasteiger partial charge in [0, 0.05) is 17.1 Å². The topological polar surface area (TPSA) is 83.0 Å². The van der Waals surface area contributed by atoms with Crippen molar-refractivity contribution in [2.24, 2.45) is 0 Å². The van der Waals surface area contributed by atoms with Crippen molar-refractivity contribution in [1.82, 2.24) is 4.98 Å². The minimum Gasteiger partial charge on any atom is -0.360 e. The van der Waals surface area contributed by atoms with Crippen LogP contribution < -0.4 is 0 Å². The maximum atomic E-state index is 10.8. The molecule has 0 aliphatic rings. The van der Waals surface area contributed by atoms with Crippen LogP contribution in [0.25, 0.3) is 10.9 Å². The summed E-state index contributed by atoms with van der Waals surface area (Å²) in [5, 5.41) is 9.96. The zero-order valence-electron chi connectivity index (χ0n) is 10.5. The second kappa shape index (κ2) is 5.43. The highest BCUT2D eigenvalue weighted by molar-refractivity contribution is 7.85. The minimum atomic E-state index is -3.38. The Kier molecular flexibility index (Phi) is 3.88. The summed E-state index contributed by atoms with van der Waals surface area (Å²) in [5.41, 5.74) is 2.54. The highest BCUT2D eigenvalue weighted by atomic mass is 32.2. The van der Waals surface area contributed by atoms with Gasteiger partial charge in [-0.3, -0.25) is 4.18 Å². The van der Waals surface area contributed by atoms with Crippen LogP contribution in [0.4, 0.5) is 0 Å². The van der Waals surface area contributed by atoms with Gasteiger partial charge in [0.1, 0.15) is 6.07 Å². The van der Waals surface area contributed by atoms with E-state index in [9.17, 15) is 8.42 Å². The molecule has 0 aliphatic carbocycles. The van der Waals surface area contributed by atoms with Crippen LogP contribution in [0.1, 0.15) is 17.5 Å². The van der Waals surface area contributed by atoms with Gasteiger partial charge in [0.25, 0.3) is 10.1 Å². The van der Waals surface area contributed by atoms with E-state index in [2.05, 4.69) is 11.1 Å². The van der Waals surface area contributed by atoms with E-state index < -0.39 is 10.1 Å². The molecule has 1 aromatic carbocycles. The number of fused-ring (bicyclic) bond motifs is 1. The molecule has 0 unspecified atom stereocenters. The van der Waals surface area contributed by atoms with Gasteiger partial charge < -0.3 is 4.98 Å². The molecule has 0 bridgehead atoms. The SMILES string of the molecule is CS(=O)(=O)OCCCc1cccc2[nH]cc(C#N)c12. The van der Waals surface area contributed by atoms with Crippen molar-refractivity contribution >= 4 is 21.0 Å². The molecule has 100 valence electrons. The summed E-state index contributed by atoms with van der Waals surface area (Å²) in [7, 11) is -3.38. The highest BCUT2D eigenvalue weighted by Crippen LogP contribution is 2.23. The Morgan fingerprint density at radius 3 is 2.89 bits per heavy atom. The predicted octanol–water partition coefficient (Wildman–Crippen LogP) is 1.95. The highest BCUT2D eigenvalue weighted by Gasteiger charge is 2.08. The van der Waals surface area contributed by atoms with Crippen molar-refractivity contribution < 1.29 is 12.6 Å². The van der Waals surface area contributed by atoms with Gasteiger partial charge in [0.2, 0.25) is 0 Å². The smallest absolute Gasteiger partial charge is 0.264 e. The monoisotopic (exact) mass is 278 g/mol. The maximum Gasteiger partial charge on any atom is 0.264 e. The lowest BCUT2D eigenvalue weighted by atomic mass is 10.0. The third-order valence-electron chi connectivity index (χ3n) is 2.80. The van der Waals surface area contributed by atoms with Crippen LogP contribution in [-0.4, -0.2) is 26.3 Å². The molecule has 5 nitrogen and oxygen atoms in total. The van der Waals surface area contributed by atoms with E-state index in [1.54, 1.807) is 6.20 Å². The van der Waals surface area contributed by atoms with Gasteiger partial charge in [-0.15, -0.1) is 0 Å². The lowest BCUT2D eigenvalue weighted by molar-refractivity contribution is 0.316. The Bertz CT molecular complexity index is 726. The number of nitrogens with one attached hydrogen (secondary N) is 1. The predicted molar refractivity (Wildman–Crippen MR) is 72.1 cm³/mol. The molecule has 0 saturated heterocycles. The quantitative estimate of drug-likeness (QED) is 0.669. The van der Waals surface area contributed by atoms with E-state index in [1.165, 1.54) is 0 Å². The van der Waals surface area contributed by atoms with Gasteiger partial charge in [-0.1, -0.05) is 12.1 Å². The number of aromatic nitrogens is 1. The summed E-state index contributed by atoms with van der Waals surface area (Å²) in [5.74, 6) is 0. The zero-order valence-corrected chi connectivity index (χ0v) is 11.3. The number of hydrogen-bond donors (Lipinski definition) is 1. The molecule has 0 atom stereocenters. The second-order valence-corrected chi connectivity index (χ2v) is 5.93. The number of rotatable bonds is 5. The average Bonchev–Trinajstić information content (AvgIpc) is 2.77. The van der Waals surface area contributed by atoms with Gasteiger partial charge in [-0.25, -0.2) is 0 Å². The second-order valence-electron chi connectivity index (χ2n) is 4.28. The first kappa shape index (κ1) is 13.6. The first-order valence-electron chi connectivity index (χ1n) is 5.85. The Hall–Kier alpha value is -1.84. The van der Waals surface area contributed by atoms with E-state index in [-0.39, 0.29) is 6.61 Å². The zero-order chi connectivity index (χ0) is 13.9. The van der Waals surface area contributed by atoms with Gasteiger partial charge >= 0.3 is 0 Å². The van der Waals surface area contributed by atoms with Gasteiger partial charge in [-0.2, -0.15) is 13.7 Å². The molecule has 1 N–H and O–H groups in total. The van der Waals surface area contributed by atoms with Crippen LogP contribution in [0, 0.1) is 11.3 Å². The minimum absolute atomic E-state index is 0.154. The van der Waals surface area contributed by atoms with E-state index in [4.69, 9.17) is 9.44 Å². The number of aryl methyl sites for hydroxylation is 1. The van der Waals surface area contributed by atoms with Gasteiger partial charge in [0.15, 0.2) is 0 Å². The summed E-state index contributed by atoms with van der Waals surface area (Å²) >= 11 is 0. The molecule has 0 amide bonds. The van der Waals surface area contributed by atoms with E-state index in [0.29, 0.717) is 18.4 Å². The molecule has 0 aliphatic heterocycles. The molecule has 0 spiro atoms. The van der Waals surface area contributed by atoms with Crippen molar-refractivity contribution in [3.05, 3.63) is 35.5 Å². The largest absolute Gasteiger partial charge is 0.360 e. The lowest BCUT2D eigenvalue weighted by Crippen LogP contribution is -2.05. The Morgan fingerprint density at radius 2 is 2.21 bits per heavy atom. The molecular weight excluding hydrogens is 264 g/mol. The normalized spacial score (nSPS) is 11.6. The number of hydrogen-bond acceptors (Lipinski definition) is 4. The Morgan fingerprint density at radius 1 is 1.42 bits per heavy atom. The molecule has 1 aromatic heterocycles. The molecular formula is C13H14N2O3S. The molecule has 0 radical (unpaired) electrons. The fourth-order valence-electron chi connectivity index (χ4n) is 2.03. The lowest BCUT2D eigenvalue weighted by Gasteiger charge is -2.04. The number of H-pyrrole nitrogens is 1. The number of benzene rings is 1. The van der Waals surface area contributed by atoms with Crippen molar-refractivity contribution in [2.45, 2.75) is 12.8 Å². The molecule has 2 aromatic rings. The first-order chi connectivity index (χ1) is 9.01. The van der Waals surface area contributed by atoms with Crippen LogP contribution >= 0.6 is 0 Å². The van der Waals surface area contributed by atoms with Crippen molar-refractivity contribution in [3.8, 4) is 6.07 Å². The molecule has 6 heteroatoms. The Balaban J connectivity index is 2.13. The van der Waals surface area contributed by atoms with Crippen LogP contribution in [0.15, 0.2) is 24.4 Å². The standard InChI is InChI=1S/C13H14N2O3S/c1-19(16,17)18-7-3-5-10-4-2-6-12-13(10)11(8-14)9-15-12/h2,4,6,9,15H,3,5,7H2,1H3. The van der Waals surface area contributed by atoms with E-state index >= 15 is 0 Å². The van der Waals surface area contributed by atoms with Crippen molar-refractivity contribution in [1.29, 1.82) is 5.26 Å². The van der Waals surface area contributed by atoms with E-state index in [1.807, 2.05) is 18.2 Å². The fraction of sp³-hybridized carbons (Fsp3) is 0.308. The first-order valence-corrected chi connectivity index (χ1v) is 7.66. The molecule has 0 fully saturated rings. The summed E-state index contributed by atoms with van der Waals surface area (Å²) < 4.78 is 26.4. The third-order valence-corrected chi connectivity index (χ3v) is 3.40. The molecule has 0 saturated carbocycles. The fourth-order valence-corrected chi connectivity index (χ4v) is 2.45. The number of nitriles is 1. The molecule has 2 rings (SSSR count). The summed E-state index contributed by atoms with van der Waals surface area (Å²) in [6, 6.07) is 7.91. The Labute approximate surface area is 111 Å². The molecule has 19 heavy (non-hydrogen) atoms. The average molecular weight is 278 g/mol. The summed E-state index contributed by atoms with van der Waals surface area (Å²) in [6.07, 6.45) is 3.97. The van der Waals surface area contributed by atoms with Crippen LogP contribution in [0.5, 0.6) is 0 Å². The summed E-state index contributed by atoms with van der Waals surface area (Å²) in [4.78, 5) is 3.04. The molecule has 1 heterocycles. The third kappa shape index (κ3) is 3.34. The van der Waals surface area contributed by atoms with Crippen molar-refractivity contribution in [2.75, 3.05) is 12.9 Å². The van der Waals surface area contributed by atoms with Crippen LogP contribution in [0.3, 0.4) is 0 Å².